The van der Waals surface area contributed by atoms with Gasteiger partial charge >= 0.3 is 5.97 Å². The van der Waals surface area contributed by atoms with Crippen molar-refractivity contribution in [3.63, 3.8) is 0 Å². The number of piperidine rings is 1. The predicted molar refractivity (Wildman–Crippen MR) is 132 cm³/mol. The van der Waals surface area contributed by atoms with Gasteiger partial charge in [-0.25, -0.2) is 0 Å². The van der Waals surface area contributed by atoms with Gasteiger partial charge in [0.25, 0.3) is 0 Å². The van der Waals surface area contributed by atoms with Gasteiger partial charge in [0.05, 0.1) is 18.7 Å². The maximum Gasteiger partial charge on any atom is 0.310 e. The molecule has 0 unspecified atom stereocenters. The molecule has 4 atom stereocenters. The first-order valence-corrected chi connectivity index (χ1v) is 12.6. The summed E-state index contributed by atoms with van der Waals surface area (Å²) in [5, 5.41) is 1.15. The van der Waals surface area contributed by atoms with Crippen LogP contribution in [0, 0.1) is 17.8 Å². The minimum Gasteiger partial charge on any atom is -0.469 e. The highest BCUT2D eigenvalue weighted by molar-refractivity contribution is 6.03. The van der Waals surface area contributed by atoms with Crippen molar-refractivity contribution >= 4 is 22.7 Å². The summed E-state index contributed by atoms with van der Waals surface area (Å²) in [5.74, 6) is 0.0825. The molecule has 6 nitrogen and oxygen atoms in total. The van der Waals surface area contributed by atoms with Crippen LogP contribution < -0.4 is 0 Å². The number of carbonyl (C=O) groups is 2. The standard InChI is InChI=1S/C27H39N3O3/c1-6-18-17-28(4)23-15-21-19-11-9-10-12-22(19)30(14-13-29(7-2)8-3)26(21)24(31)16-20(18)25(23)27(32)33-5/h9-12,18,20,23,25H,6-8,13-17H2,1-5H3/t18-,20+,23-,25-/m0/s1. The van der Waals surface area contributed by atoms with Crippen molar-refractivity contribution in [1.29, 1.82) is 0 Å². The molecule has 1 aliphatic heterocycles. The molecule has 2 bridgehead atoms. The van der Waals surface area contributed by atoms with Gasteiger partial charge in [0, 0.05) is 43.0 Å². The number of aromatic nitrogens is 1. The highest BCUT2D eigenvalue weighted by Crippen LogP contribution is 2.43. The number of hydrogen-bond donors (Lipinski definition) is 0. The van der Waals surface area contributed by atoms with Gasteiger partial charge in [0.2, 0.25) is 0 Å². The molecule has 2 aliphatic rings. The molecule has 4 rings (SSSR count). The van der Waals surface area contributed by atoms with Gasteiger partial charge in [-0.2, -0.15) is 0 Å². The zero-order chi connectivity index (χ0) is 23.7. The second kappa shape index (κ2) is 9.98. The molecule has 180 valence electrons. The molecule has 0 radical (unpaired) electrons. The summed E-state index contributed by atoms with van der Waals surface area (Å²) in [6.07, 6.45) is 2.07. The second-order valence-electron chi connectivity index (χ2n) is 9.74. The number of benzene rings is 1. The number of carbonyl (C=O) groups excluding carboxylic acids is 2. The van der Waals surface area contributed by atoms with E-state index in [2.05, 4.69) is 66.5 Å². The summed E-state index contributed by atoms with van der Waals surface area (Å²) in [6.45, 7) is 11.2. The van der Waals surface area contributed by atoms with Gasteiger partial charge in [0.1, 0.15) is 0 Å². The first-order chi connectivity index (χ1) is 15.9. The number of esters is 1. The van der Waals surface area contributed by atoms with Gasteiger partial charge in [-0.3, -0.25) is 9.59 Å². The minimum atomic E-state index is -0.270. The maximum atomic E-state index is 13.9. The summed E-state index contributed by atoms with van der Waals surface area (Å²) >= 11 is 0. The number of ether oxygens (including phenoxy) is 1. The number of nitrogens with zero attached hydrogens (tertiary/aromatic N) is 3. The summed E-state index contributed by atoms with van der Waals surface area (Å²) in [7, 11) is 3.60. The Morgan fingerprint density at radius 3 is 2.55 bits per heavy atom. The largest absolute Gasteiger partial charge is 0.469 e. The van der Waals surface area contributed by atoms with Crippen LogP contribution in [0.1, 0.15) is 49.7 Å². The van der Waals surface area contributed by atoms with Crippen molar-refractivity contribution in [1.82, 2.24) is 14.4 Å². The third-order valence-electron chi connectivity index (χ3n) is 8.28. The number of Topliss-reactive ketones (excluding diaryl/α,β-unsaturated/α-hetero) is 1. The zero-order valence-corrected chi connectivity index (χ0v) is 20.8. The van der Waals surface area contributed by atoms with Gasteiger partial charge < -0.3 is 19.1 Å². The number of fused-ring (bicyclic) bond motifs is 5. The topological polar surface area (TPSA) is 54.8 Å². The second-order valence-corrected chi connectivity index (χ2v) is 9.74. The quantitative estimate of drug-likeness (QED) is 0.596. The molecule has 6 heteroatoms. The number of methoxy groups -OCH3 is 1. The molecule has 0 N–H and O–H groups in total. The summed E-state index contributed by atoms with van der Waals surface area (Å²) in [6, 6.07) is 8.43. The molecule has 1 aromatic heterocycles. The molecule has 1 aliphatic carbocycles. The molecule has 2 aromatic rings. The molecule has 1 fully saturated rings. The van der Waals surface area contributed by atoms with Crippen LogP contribution in [0.2, 0.25) is 0 Å². The first-order valence-electron chi connectivity index (χ1n) is 12.6. The van der Waals surface area contributed by atoms with E-state index in [1.54, 1.807) is 0 Å². The van der Waals surface area contributed by atoms with Crippen molar-refractivity contribution in [2.45, 2.75) is 52.6 Å². The van der Waals surface area contributed by atoms with Gasteiger partial charge in [-0.05, 0) is 50.0 Å². The number of likely N-dealkylation sites (tertiary alicyclic amines) is 1. The van der Waals surface area contributed by atoms with E-state index >= 15 is 0 Å². The first kappa shape index (κ1) is 24.0. The lowest BCUT2D eigenvalue weighted by Gasteiger charge is -2.48. The van der Waals surface area contributed by atoms with Crippen LogP contribution in [-0.2, 0) is 22.5 Å². The molecule has 0 amide bonds. The number of likely N-dealkylation sites (N-methyl/N-ethyl adjacent to an activating group) is 2. The number of hydrogen-bond acceptors (Lipinski definition) is 5. The molecule has 0 saturated carbocycles. The van der Waals surface area contributed by atoms with E-state index in [0.717, 1.165) is 61.3 Å². The fourth-order valence-corrected chi connectivity index (χ4v) is 6.40. The molecule has 33 heavy (non-hydrogen) atoms. The number of para-hydroxylation sites is 1. The Labute approximate surface area is 197 Å². The van der Waals surface area contributed by atoms with Crippen LogP contribution in [-0.4, -0.2) is 72.5 Å². The molecule has 0 spiro atoms. The van der Waals surface area contributed by atoms with Gasteiger partial charge in [-0.1, -0.05) is 45.4 Å². The van der Waals surface area contributed by atoms with Gasteiger partial charge in [0.15, 0.2) is 5.78 Å². The molecule has 1 saturated heterocycles. The van der Waals surface area contributed by atoms with Crippen molar-refractivity contribution < 1.29 is 14.3 Å². The smallest absolute Gasteiger partial charge is 0.310 e. The van der Waals surface area contributed by atoms with Crippen LogP contribution in [0.15, 0.2) is 24.3 Å². The lowest BCUT2D eigenvalue weighted by atomic mass is 9.67. The Balaban J connectivity index is 1.85. The predicted octanol–water partition coefficient (Wildman–Crippen LogP) is 3.86. The van der Waals surface area contributed by atoms with Crippen LogP contribution in [0.5, 0.6) is 0 Å². The van der Waals surface area contributed by atoms with Crippen LogP contribution in [0.25, 0.3) is 10.9 Å². The summed E-state index contributed by atoms with van der Waals surface area (Å²) in [4.78, 5) is 31.7. The van der Waals surface area contributed by atoms with Crippen molar-refractivity contribution in [3.8, 4) is 0 Å². The molecular weight excluding hydrogens is 414 g/mol. The number of rotatable bonds is 7. The van der Waals surface area contributed by atoms with E-state index < -0.39 is 0 Å². The van der Waals surface area contributed by atoms with Crippen LogP contribution >= 0.6 is 0 Å². The lowest BCUT2D eigenvalue weighted by Crippen LogP contribution is -2.56. The average molecular weight is 454 g/mol. The Kier molecular flexibility index (Phi) is 7.25. The van der Waals surface area contributed by atoms with E-state index in [1.807, 2.05) is 0 Å². The van der Waals surface area contributed by atoms with Crippen molar-refractivity contribution in [2.24, 2.45) is 17.8 Å². The Morgan fingerprint density at radius 1 is 1.15 bits per heavy atom. The maximum absolute atomic E-state index is 13.9. The van der Waals surface area contributed by atoms with E-state index in [0.29, 0.717) is 18.8 Å². The SMILES string of the molecule is CC[C@H]1CN(C)[C@H]2Cc3c(n(CCN(CC)CC)c4ccccc34)C(=O)C[C@H]1[C@@H]2C(=O)OC. The monoisotopic (exact) mass is 453 g/mol. The number of ketones is 1. The Bertz CT molecular complexity index is 1010. The zero-order valence-electron chi connectivity index (χ0n) is 20.8. The van der Waals surface area contributed by atoms with Crippen molar-refractivity contribution in [2.75, 3.05) is 40.3 Å². The van der Waals surface area contributed by atoms with Crippen LogP contribution in [0.3, 0.4) is 0 Å². The summed E-state index contributed by atoms with van der Waals surface area (Å²) < 4.78 is 7.55. The van der Waals surface area contributed by atoms with E-state index in [1.165, 1.54) is 7.11 Å². The molecular formula is C27H39N3O3. The third kappa shape index (κ3) is 4.24. The molecule has 1 aromatic carbocycles. The fraction of sp³-hybridized carbons (Fsp3) is 0.630. The Hall–Kier alpha value is -2.18. The van der Waals surface area contributed by atoms with E-state index in [9.17, 15) is 9.59 Å². The normalized spacial score (nSPS) is 25.7. The van der Waals surface area contributed by atoms with Crippen molar-refractivity contribution in [3.05, 3.63) is 35.5 Å². The average Bonchev–Trinajstić information content (AvgIpc) is 3.13. The van der Waals surface area contributed by atoms with E-state index in [-0.39, 0.29) is 29.6 Å². The fourth-order valence-electron chi connectivity index (χ4n) is 6.40. The minimum absolute atomic E-state index is 0.0264. The Morgan fingerprint density at radius 2 is 1.88 bits per heavy atom. The van der Waals surface area contributed by atoms with Gasteiger partial charge in [-0.15, -0.1) is 0 Å². The summed E-state index contributed by atoms with van der Waals surface area (Å²) in [5.41, 5.74) is 3.10. The highest BCUT2D eigenvalue weighted by atomic mass is 16.5. The highest BCUT2D eigenvalue weighted by Gasteiger charge is 2.49. The van der Waals surface area contributed by atoms with E-state index in [4.69, 9.17) is 4.74 Å². The van der Waals surface area contributed by atoms with Crippen LogP contribution in [0.4, 0.5) is 0 Å². The lowest BCUT2D eigenvalue weighted by molar-refractivity contribution is -0.154. The third-order valence-corrected chi connectivity index (χ3v) is 8.28. The molecule has 2 heterocycles.